The molecule has 1 unspecified atom stereocenters. The number of nitrogens with two attached hydrogens (primary N) is 1. The second-order valence-corrected chi connectivity index (χ2v) is 5.47. The number of thiazole rings is 1. The molecular weight excluding hydrogens is 303 g/mol. The van der Waals surface area contributed by atoms with Crippen LogP contribution in [0.2, 0.25) is 0 Å². The summed E-state index contributed by atoms with van der Waals surface area (Å²) in [5.74, 6) is 5.27. The van der Waals surface area contributed by atoms with Crippen molar-refractivity contribution >= 4 is 11.3 Å². The van der Waals surface area contributed by atoms with E-state index in [1.165, 1.54) is 23.5 Å². The van der Waals surface area contributed by atoms with E-state index in [2.05, 4.69) is 15.1 Å². The minimum absolute atomic E-state index is 0.190. The lowest BCUT2D eigenvalue weighted by atomic mass is 10.0. The molecule has 1 aromatic carbocycles. The fraction of sp³-hybridized carbons (Fsp3) is 0.308. The van der Waals surface area contributed by atoms with Gasteiger partial charge >= 0.3 is 6.36 Å². The molecule has 4 nitrogen and oxygen atoms in total. The molecule has 3 N–H and O–H groups in total. The number of nitrogens with zero attached hydrogens (tertiary/aromatic N) is 1. The molecule has 21 heavy (non-hydrogen) atoms. The van der Waals surface area contributed by atoms with Crippen LogP contribution in [-0.2, 0) is 6.42 Å². The van der Waals surface area contributed by atoms with Gasteiger partial charge in [0, 0.05) is 5.38 Å². The van der Waals surface area contributed by atoms with Crippen molar-refractivity contribution in [3.05, 3.63) is 45.9 Å². The molecule has 0 amide bonds. The smallest absolute Gasteiger partial charge is 0.406 e. The Balaban J connectivity index is 2.05. The van der Waals surface area contributed by atoms with E-state index >= 15 is 0 Å². The van der Waals surface area contributed by atoms with Crippen LogP contribution >= 0.6 is 11.3 Å². The Morgan fingerprint density at radius 2 is 2.00 bits per heavy atom. The molecule has 1 heterocycles. The van der Waals surface area contributed by atoms with Crippen molar-refractivity contribution in [1.82, 2.24) is 10.4 Å². The average Bonchev–Trinajstić information content (AvgIpc) is 2.82. The summed E-state index contributed by atoms with van der Waals surface area (Å²) < 4.78 is 40.0. The molecule has 0 fully saturated rings. The van der Waals surface area contributed by atoms with Crippen LogP contribution in [0, 0.1) is 6.92 Å². The Hall–Kier alpha value is -1.64. The summed E-state index contributed by atoms with van der Waals surface area (Å²) in [6.45, 7) is 1.89. The quantitative estimate of drug-likeness (QED) is 0.657. The topological polar surface area (TPSA) is 60.2 Å². The zero-order chi connectivity index (χ0) is 15.5. The molecule has 0 aliphatic rings. The number of hydrogen-bond acceptors (Lipinski definition) is 5. The minimum atomic E-state index is -4.68. The first kappa shape index (κ1) is 15.7. The predicted octanol–water partition coefficient (Wildman–Crippen LogP) is 3.10. The van der Waals surface area contributed by atoms with Gasteiger partial charge in [-0.05, 0) is 31.0 Å². The number of halogens is 3. The number of rotatable bonds is 5. The van der Waals surface area contributed by atoms with Crippen molar-refractivity contribution in [2.75, 3.05) is 0 Å². The van der Waals surface area contributed by atoms with Crippen LogP contribution in [0.15, 0.2) is 29.6 Å². The Morgan fingerprint density at radius 3 is 2.48 bits per heavy atom. The Kier molecular flexibility index (Phi) is 4.81. The number of ether oxygens (including phenoxy) is 1. The second kappa shape index (κ2) is 6.42. The van der Waals surface area contributed by atoms with E-state index in [9.17, 15) is 13.2 Å². The summed E-state index contributed by atoms with van der Waals surface area (Å²) in [6, 6.07) is 5.52. The summed E-state index contributed by atoms with van der Waals surface area (Å²) in [6.07, 6.45) is -4.16. The highest BCUT2D eigenvalue weighted by Crippen LogP contribution is 2.25. The number of aryl methyl sites for hydroxylation is 1. The lowest BCUT2D eigenvalue weighted by Crippen LogP contribution is -2.29. The van der Waals surface area contributed by atoms with E-state index in [0.717, 1.165) is 16.3 Å². The van der Waals surface area contributed by atoms with Gasteiger partial charge in [0.05, 0.1) is 16.7 Å². The van der Waals surface area contributed by atoms with Crippen LogP contribution in [0.1, 0.15) is 22.3 Å². The lowest BCUT2D eigenvalue weighted by molar-refractivity contribution is -0.274. The van der Waals surface area contributed by atoms with Crippen molar-refractivity contribution < 1.29 is 17.9 Å². The SMILES string of the molecule is Cc1nc(C(Cc2ccc(OC(F)(F)F)cc2)NN)cs1. The van der Waals surface area contributed by atoms with E-state index in [1.54, 1.807) is 12.1 Å². The maximum Gasteiger partial charge on any atom is 0.573 e. The van der Waals surface area contributed by atoms with Gasteiger partial charge in [-0.1, -0.05) is 12.1 Å². The third-order valence-electron chi connectivity index (χ3n) is 2.79. The normalized spacial score (nSPS) is 13.2. The highest BCUT2D eigenvalue weighted by molar-refractivity contribution is 7.09. The molecule has 0 aliphatic carbocycles. The molecule has 2 aromatic rings. The van der Waals surface area contributed by atoms with Crippen molar-refractivity contribution in [2.24, 2.45) is 5.84 Å². The number of hydrogen-bond donors (Lipinski definition) is 2. The molecule has 0 saturated carbocycles. The van der Waals surface area contributed by atoms with Crippen molar-refractivity contribution in [1.29, 1.82) is 0 Å². The molecular formula is C13H14F3N3OS. The monoisotopic (exact) mass is 317 g/mol. The molecule has 1 aromatic heterocycles. The van der Waals surface area contributed by atoms with E-state index in [0.29, 0.717) is 6.42 Å². The van der Waals surface area contributed by atoms with Crippen LogP contribution in [0.4, 0.5) is 13.2 Å². The van der Waals surface area contributed by atoms with Gasteiger partial charge in [-0.25, -0.2) is 4.98 Å². The third-order valence-corrected chi connectivity index (χ3v) is 3.58. The number of aromatic nitrogens is 1. The van der Waals surface area contributed by atoms with Crippen molar-refractivity contribution in [3.8, 4) is 5.75 Å². The highest BCUT2D eigenvalue weighted by atomic mass is 32.1. The van der Waals surface area contributed by atoms with Crippen LogP contribution in [-0.4, -0.2) is 11.3 Å². The van der Waals surface area contributed by atoms with E-state index in [-0.39, 0.29) is 11.8 Å². The summed E-state index contributed by atoms with van der Waals surface area (Å²) in [5.41, 5.74) is 4.31. The molecule has 2 rings (SSSR count). The Bertz CT molecular complexity index is 583. The molecule has 1 atom stereocenters. The van der Waals surface area contributed by atoms with Gasteiger partial charge < -0.3 is 4.74 Å². The Labute approximate surface area is 123 Å². The zero-order valence-electron chi connectivity index (χ0n) is 11.1. The van der Waals surface area contributed by atoms with Gasteiger partial charge in [0.15, 0.2) is 0 Å². The van der Waals surface area contributed by atoms with Crippen molar-refractivity contribution in [3.63, 3.8) is 0 Å². The molecule has 0 saturated heterocycles. The summed E-state index contributed by atoms with van der Waals surface area (Å²) in [5, 5.41) is 2.83. The van der Waals surface area contributed by atoms with Crippen LogP contribution in [0.25, 0.3) is 0 Å². The zero-order valence-corrected chi connectivity index (χ0v) is 12.0. The van der Waals surface area contributed by atoms with Gasteiger partial charge in [0.1, 0.15) is 5.75 Å². The lowest BCUT2D eigenvalue weighted by Gasteiger charge is -2.14. The van der Waals surface area contributed by atoms with Gasteiger partial charge in [-0.3, -0.25) is 11.3 Å². The standard InChI is InChI=1S/C13H14F3N3OS/c1-8-18-12(7-21-8)11(19-17)6-9-2-4-10(5-3-9)20-13(14,15)16/h2-5,7,11,19H,6,17H2,1H3. The average molecular weight is 317 g/mol. The number of nitrogens with one attached hydrogen (secondary N) is 1. The first-order chi connectivity index (χ1) is 9.87. The summed E-state index contributed by atoms with van der Waals surface area (Å²) in [4.78, 5) is 4.35. The van der Waals surface area contributed by atoms with E-state index in [1.807, 2.05) is 12.3 Å². The Morgan fingerprint density at radius 1 is 1.33 bits per heavy atom. The highest BCUT2D eigenvalue weighted by Gasteiger charge is 2.30. The first-order valence-electron chi connectivity index (χ1n) is 6.10. The van der Waals surface area contributed by atoms with Crippen LogP contribution < -0.4 is 16.0 Å². The van der Waals surface area contributed by atoms with Gasteiger partial charge in [-0.15, -0.1) is 24.5 Å². The van der Waals surface area contributed by atoms with Crippen LogP contribution in [0.3, 0.4) is 0 Å². The number of benzene rings is 1. The van der Waals surface area contributed by atoms with Gasteiger partial charge in [-0.2, -0.15) is 0 Å². The molecule has 0 aliphatic heterocycles. The first-order valence-corrected chi connectivity index (χ1v) is 6.98. The second-order valence-electron chi connectivity index (χ2n) is 4.41. The third kappa shape index (κ3) is 4.69. The molecule has 0 spiro atoms. The fourth-order valence-electron chi connectivity index (χ4n) is 1.85. The predicted molar refractivity (Wildman–Crippen MR) is 73.7 cm³/mol. The fourth-order valence-corrected chi connectivity index (χ4v) is 2.52. The van der Waals surface area contributed by atoms with E-state index in [4.69, 9.17) is 5.84 Å². The molecule has 114 valence electrons. The summed E-state index contributed by atoms with van der Waals surface area (Å²) >= 11 is 1.52. The maximum atomic E-state index is 12.1. The maximum absolute atomic E-state index is 12.1. The number of alkyl halides is 3. The van der Waals surface area contributed by atoms with Gasteiger partial charge in [0.25, 0.3) is 0 Å². The summed E-state index contributed by atoms with van der Waals surface area (Å²) in [7, 11) is 0. The number of hydrazine groups is 1. The van der Waals surface area contributed by atoms with E-state index < -0.39 is 6.36 Å². The molecule has 0 radical (unpaired) electrons. The minimum Gasteiger partial charge on any atom is -0.406 e. The molecule has 8 heteroatoms. The molecule has 0 bridgehead atoms. The van der Waals surface area contributed by atoms with Gasteiger partial charge in [0.2, 0.25) is 0 Å². The van der Waals surface area contributed by atoms with Crippen molar-refractivity contribution in [2.45, 2.75) is 25.7 Å². The van der Waals surface area contributed by atoms with Crippen LogP contribution in [0.5, 0.6) is 5.75 Å². The largest absolute Gasteiger partial charge is 0.573 e.